The summed E-state index contributed by atoms with van der Waals surface area (Å²) in [5, 5.41) is 4.98. The summed E-state index contributed by atoms with van der Waals surface area (Å²) in [5.74, 6) is 0. The first-order chi connectivity index (χ1) is 16.3. The summed E-state index contributed by atoms with van der Waals surface area (Å²) in [4.78, 5) is 0. The maximum Gasteiger partial charge on any atom is 0.0800 e. The molecule has 5 aromatic carbocycles. The Morgan fingerprint density at radius 2 is 0.939 bits per heavy atom. The van der Waals surface area contributed by atoms with Gasteiger partial charge in [0.05, 0.1) is 22.1 Å². The molecule has 156 valence electrons. The van der Waals surface area contributed by atoms with Crippen molar-refractivity contribution in [3.8, 4) is 11.4 Å². The normalized spacial score (nSPS) is 11.8. The molecule has 0 radical (unpaired) electrons. The number of fused-ring (bicyclic) bond motifs is 7. The van der Waals surface area contributed by atoms with Crippen LogP contribution in [0.4, 0.5) is 0 Å². The highest BCUT2D eigenvalue weighted by molar-refractivity contribution is 9.10. The van der Waals surface area contributed by atoms with Crippen molar-refractivity contribution in [2.45, 2.75) is 0 Å². The van der Waals surface area contributed by atoms with Crippen LogP contribution >= 0.6 is 15.9 Å². The Morgan fingerprint density at radius 3 is 1.58 bits per heavy atom. The summed E-state index contributed by atoms with van der Waals surface area (Å²) in [5.41, 5.74) is 7.18. The first kappa shape index (κ1) is 18.7. The maximum absolute atomic E-state index is 3.95. The molecule has 0 N–H and O–H groups in total. The molecule has 0 amide bonds. The zero-order valence-corrected chi connectivity index (χ0v) is 19.3. The third-order valence-electron chi connectivity index (χ3n) is 6.55. The van der Waals surface area contributed by atoms with Crippen LogP contribution < -0.4 is 0 Å². The van der Waals surface area contributed by atoms with E-state index in [9.17, 15) is 0 Å². The number of benzene rings is 5. The van der Waals surface area contributed by atoms with Crippen LogP contribution in [0.25, 0.3) is 55.0 Å². The van der Waals surface area contributed by atoms with Gasteiger partial charge in [-0.25, -0.2) is 0 Å². The van der Waals surface area contributed by atoms with E-state index in [4.69, 9.17) is 0 Å². The molecule has 3 heteroatoms. The van der Waals surface area contributed by atoms with E-state index in [0.717, 1.165) is 15.8 Å². The van der Waals surface area contributed by atoms with Gasteiger partial charge in [0.25, 0.3) is 0 Å². The molecule has 0 spiro atoms. The van der Waals surface area contributed by atoms with Gasteiger partial charge in [0.1, 0.15) is 0 Å². The Morgan fingerprint density at radius 1 is 0.455 bits per heavy atom. The van der Waals surface area contributed by atoms with Crippen LogP contribution in [0.3, 0.4) is 0 Å². The fourth-order valence-corrected chi connectivity index (χ4v) is 5.87. The number of rotatable bonds is 2. The lowest BCUT2D eigenvalue weighted by Gasteiger charge is -2.12. The standard InChI is InChI=1S/C30H19BrN2/c31-25-19-24-22-15-7-9-17-26(22)32(20-11-3-1-4-12-20)29(24)30-28(25)23-16-8-10-18-27(23)33(30)21-13-5-2-6-14-21/h1-19H. The molecule has 7 rings (SSSR count). The van der Waals surface area contributed by atoms with Crippen molar-refractivity contribution >= 4 is 59.5 Å². The highest BCUT2D eigenvalue weighted by Crippen LogP contribution is 2.44. The van der Waals surface area contributed by atoms with Gasteiger partial charge in [-0.3, -0.25) is 0 Å². The Kier molecular flexibility index (Phi) is 4.02. The predicted molar refractivity (Wildman–Crippen MR) is 143 cm³/mol. The van der Waals surface area contributed by atoms with Crippen molar-refractivity contribution in [1.29, 1.82) is 0 Å². The minimum atomic E-state index is 1.12. The highest BCUT2D eigenvalue weighted by atomic mass is 79.9. The molecular formula is C30H19BrN2. The Balaban J connectivity index is 1.83. The van der Waals surface area contributed by atoms with Crippen molar-refractivity contribution in [2.75, 3.05) is 0 Å². The second-order valence-corrected chi connectivity index (χ2v) is 9.21. The molecule has 0 aliphatic carbocycles. The largest absolute Gasteiger partial charge is 0.307 e. The molecule has 0 bridgehead atoms. The van der Waals surface area contributed by atoms with Crippen LogP contribution in [-0.2, 0) is 0 Å². The molecule has 0 aliphatic rings. The van der Waals surface area contributed by atoms with Gasteiger partial charge in [-0.05, 0) is 42.5 Å². The summed E-state index contributed by atoms with van der Waals surface area (Å²) in [6.07, 6.45) is 0. The van der Waals surface area contributed by atoms with Crippen molar-refractivity contribution < 1.29 is 0 Å². The van der Waals surface area contributed by atoms with Gasteiger partial charge >= 0.3 is 0 Å². The molecule has 0 atom stereocenters. The molecule has 33 heavy (non-hydrogen) atoms. The average molecular weight is 487 g/mol. The van der Waals surface area contributed by atoms with E-state index in [1.165, 1.54) is 43.6 Å². The molecule has 2 heterocycles. The molecule has 7 aromatic rings. The lowest BCUT2D eigenvalue weighted by atomic mass is 10.1. The zero-order chi connectivity index (χ0) is 21.9. The lowest BCUT2D eigenvalue weighted by molar-refractivity contribution is 1.15. The van der Waals surface area contributed by atoms with Crippen LogP contribution in [0.5, 0.6) is 0 Å². The van der Waals surface area contributed by atoms with Gasteiger partial charge in [-0.1, -0.05) is 88.7 Å². The van der Waals surface area contributed by atoms with Gasteiger partial charge in [-0.15, -0.1) is 0 Å². The summed E-state index contributed by atoms with van der Waals surface area (Å²) in [7, 11) is 0. The number of halogens is 1. The molecule has 0 saturated heterocycles. The van der Waals surface area contributed by atoms with Gasteiger partial charge in [0.2, 0.25) is 0 Å². The van der Waals surface area contributed by atoms with E-state index in [2.05, 4.69) is 140 Å². The molecule has 0 saturated carbocycles. The Bertz CT molecular complexity index is 1810. The minimum absolute atomic E-state index is 1.12. The van der Waals surface area contributed by atoms with Crippen LogP contribution in [0.15, 0.2) is 120 Å². The van der Waals surface area contributed by atoms with Gasteiger partial charge in [-0.2, -0.15) is 0 Å². The second kappa shape index (κ2) is 7.09. The molecule has 0 fully saturated rings. The maximum atomic E-state index is 3.95. The van der Waals surface area contributed by atoms with E-state index in [0.29, 0.717) is 0 Å². The van der Waals surface area contributed by atoms with Crippen LogP contribution in [0.2, 0.25) is 0 Å². The van der Waals surface area contributed by atoms with E-state index in [1.807, 2.05) is 0 Å². The summed E-state index contributed by atoms with van der Waals surface area (Å²) >= 11 is 3.95. The number of nitrogens with zero attached hydrogens (tertiary/aromatic N) is 2. The monoisotopic (exact) mass is 486 g/mol. The van der Waals surface area contributed by atoms with Crippen molar-refractivity contribution in [3.05, 3.63) is 120 Å². The Labute approximate surface area is 199 Å². The van der Waals surface area contributed by atoms with Crippen LogP contribution in [0.1, 0.15) is 0 Å². The first-order valence-corrected chi connectivity index (χ1v) is 11.9. The average Bonchev–Trinajstić information content (AvgIpc) is 3.39. The van der Waals surface area contributed by atoms with Gasteiger partial charge in [0.15, 0.2) is 0 Å². The summed E-state index contributed by atoms with van der Waals surface area (Å²) < 4.78 is 5.94. The van der Waals surface area contributed by atoms with Crippen LogP contribution in [-0.4, -0.2) is 9.13 Å². The smallest absolute Gasteiger partial charge is 0.0800 e. The summed E-state index contributed by atoms with van der Waals surface area (Å²) in [6, 6.07) is 41.0. The zero-order valence-electron chi connectivity index (χ0n) is 17.7. The number of hydrogen-bond acceptors (Lipinski definition) is 0. The topological polar surface area (TPSA) is 9.86 Å². The molecule has 0 aliphatic heterocycles. The van der Waals surface area contributed by atoms with E-state index in [1.54, 1.807) is 0 Å². The van der Waals surface area contributed by atoms with E-state index < -0.39 is 0 Å². The second-order valence-electron chi connectivity index (χ2n) is 8.35. The number of aromatic nitrogens is 2. The van der Waals surface area contributed by atoms with E-state index in [-0.39, 0.29) is 0 Å². The Hall–Kier alpha value is -3.82. The number of para-hydroxylation sites is 4. The SMILES string of the molecule is Brc1cc2c3ccccc3n(-c3ccccc3)c2c2c1c1ccccc1n2-c1ccccc1. The van der Waals surface area contributed by atoms with Crippen molar-refractivity contribution in [3.63, 3.8) is 0 Å². The third-order valence-corrected chi connectivity index (χ3v) is 7.18. The van der Waals surface area contributed by atoms with Gasteiger partial charge in [0, 0.05) is 37.4 Å². The highest BCUT2D eigenvalue weighted by Gasteiger charge is 2.22. The molecule has 2 aromatic heterocycles. The molecule has 0 unspecified atom stereocenters. The number of hydrogen-bond donors (Lipinski definition) is 0. The quantitative estimate of drug-likeness (QED) is 0.231. The lowest BCUT2D eigenvalue weighted by Crippen LogP contribution is -1.98. The van der Waals surface area contributed by atoms with Crippen molar-refractivity contribution in [2.24, 2.45) is 0 Å². The molecule has 2 nitrogen and oxygen atoms in total. The minimum Gasteiger partial charge on any atom is -0.307 e. The van der Waals surface area contributed by atoms with Gasteiger partial charge < -0.3 is 9.13 Å². The fraction of sp³-hybridized carbons (Fsp3) is 0. The third kappa shape index (κ3) is 2.60. The van der Waals surface area contributed by atoms with Crippen LogP contribution in [0, 0.1) is 0 Å². The predicted octanol–water partition coefficient (Wildman–Crippen LogP) is 8.64. The first-order valence-electron chi connectivity index (χ1n) is 11.1. The van der Waals surface area contributed by atoms with E-state index >= 15 is 0 Å². The fourth-order valence-electron chi connectivity index (χ4n) is 5.24. The van der Waals surface area contributed by atoms with Crippen molar-refractivity contribution in [1.82, 2.24) is 9.13 Å². The molecular weight excluding hydrogens is 468 g/mol. The summed E-state index contributed by atoms with van der Waals surface area (Å²) in [6.45, 7) is 0.